The van der Waals surface area contributed by atoms with E-state index in [1.165, 1.54) is 0 Å². The molecule has 0 aliphatic heterocycles. The Morgan fingerprint density at radius 2 is 1.95 bits per heavy atom. The van der Waals surface area contributed by atoms with Crippen molar-refractivity contribution in [2.24, 2.45) is 5.41 Å². The van der Waals surface area contributed by atoms with Crippen molar-refractivity contribution in [3.05, 3.63) is 24.3 Å². The molecule has 0 heterocycles. The molecule has 6 nitrogen and oxygen atoms in total. The molecule has 0 aliphatic carbocycles. The van der Waals surface area contributed by atoms with Crippen molar-refractivity contribution < 1.29 is 19.4 Å². The number of hydrogen-bond acceptors (Lipinski definition) is 3. The first-order chi connectivity index (χ1) is 9.36. The fourth-order valence-corrected chi connectivity index (χ4v) is 1.39. The smallest absolute Gasteiger partial charge is 0.319 e. The molecule has 0 saturated carbocycles. The van der Waals surface area contributed by atoms with Crippen molar-refractivity contribution in [3.8, 4) is 5.75 Å². The SMILES string of the molecule is CCOc1ccccc1NC(=O)NCC(C)(C)C(=O)O. The number of carbonyl (C=O) groups excluding carboxylic acids is 1. The molecule has 1 aromatic carbocycles. The van der Waals surface area contributed by atoms with Crippen LogP contribution in [0.1, 0.15) is 20.8 Å². The lowest BCUT2D eigenvalue weighted by molar-refractivity contribution is -0.146. The standard InChI is InChI=1S/C14H20N2O4/c1-4-20-11-8-6-5-7-10(11)16-13(19)15-9-14(2,3)12(17)18/h5-8H,4,9H2,1-3H3,(H,17,18)(H2,15,16,19). The fourth-order valence-electron chi connectivity index (χ4n) is 1.39. The summed E-state index contributed by atoms with van der Waals surface area (Å²) in [7, 11) is 0. The van der Waals surface area contributed by atoms with E-state index in [0.717, 1.165) is 0 Å². The second kappa shape index (κ2) is 6.79. The maximum atomic E-state index is 11.8. The molecule has 0 unspecified atom stereocenters. The minimum Gasteiger partial charge on any atom is -0.492 e. The van der Waals surface area contributed by atoms with E-state index in [2.05, 4.69) is 10.6 Å². The lowest BCUT2D eigenvalue weighted by atomic mass is 9.94. The van der Waals surface area contributed by atoms with Gasteiger partial charge in [0.2, 0.25) is 0 Å². The lowest BCUT2D eigenvalue weighted by Gasteiger charge is -2.20. The number of carbonyl (C=O) groups is 2. The number of nitrogens with one attached hydrogen (secondary N) is 2. The van der Waals surface area contributed by atoms with Gasteiger partial charge in [0, 0.05) is 6.54 Å². The molecule has 1 rings (SSSR count). The van der Waals surface area contributed by atoms with Crippen molar-refractivity contribution in [2.75, 3.05) is 18.5 Å². The van der Waals surface area contributed by atoms with E-state index >= 15 is 0 Å². The number of anilines is 1. The molecule has 0 aliphatic rings. The van der Waals surface area contributed by atoms with E-state index in [1.54, 1.807) is 32.0 Å². The molecule has 3 N–H and O–H groups in total. The molecule has 20 heavy (non-hydrogen) atoms. The highest BCUT2D eigenvalue weighted by Crippen LogP contribution is 2.23. The first-order valence-corrected chi connectivity index (χ1v) is 6.37. The molecule has 110 valence electrons. The monoisotopic (exact) mass is 280 g/mol. The summed E-state index contributed by atoms with van der Waals surface area (Å²) in [5, 5.41) is 14.1. The van der Waals surface area contributed by atoms with Crippen molar-refractivity contribution in [3.63, 3.8) is 0 Å². The van der Waals surface area contributed by atoms with Gasteiger partial charge in [-0.15, -0.1) is 0 Å². The maximum absolute atomic E-state index is 11.8. The number of para-hydroxylation sites is 2. The van der Waals surface area contributed by atoms with Crippen molar-refractivity contribution in [2.45, 2.75) is 20.8 Å². The summed E-state index contributed by atoms with van der Waals surface area (Å²) in [6, 6.07) is 6.58. The van der Waals surface area contributed by atoms with Gasteiger partial charge in [0.1, 0.15) is 5.75 Å². The van der Waals surface area contributed by atoms with Gasteiger partial charge >= 0.3 is 12.0 Å². The first-order valence-electron chi connectivity index (χ1n) is 6.37. The largest absolute Gasteiger partial charge is 0.492 e. The van der Waals surface area contributed by atoms with Crippen LogP contribution >= 0.6 is 0 Å². The Kier molecular flexibility index (Phi) is 5.37. The van der Waals surface area contributed by atoms with Gasteiger partial charge < -0.3 is 20.5 Å². The number of hydrogen-bond donors (Lipinski definition) is 3. The summed E-state index contributed by atoms with van der Waals surface area (Å²) in [6.45, 7) is 5.47. The number of urea groups is 1. The normalized spacial score (nSPS) is 10.8. The number of benzene rings is 1. The van der Waals surface area contributed by atoms with E-state index < -0.39 is 17.4 Å². The van der Waals surface area contributed by atoms with Gasteiger partial charge in [-0.3, -0.25) is 4.79 Å². The molecule has 6 heteroatoms. The average Bonchev–Trinajstić information content (AvgIpc) is 2.39. The van der Waals surface area contributed by atoms with E-state index in [9.17, 15) is 9.59 Å². The van der Waals surface area contributed by atoms with Crippen molar-refractivity contribution >= 4 is 17.7 Å². The second-order valence-electron chi connectivity index (χ2n) is 4.93. The fraction of sp³-hybridized carbons (Fsp3) is 0.429. The Morgan fingerprint density at radius 1 is 1.30 bits per heavy atom. The summed E-state index contributed by atoms with van der Waals surface area (Å²) < 4.78 is 5.38. The van der Waals surface area contributed by atoms with Crippen LogP contribution in [0.5, 0.6) is 5.75 Å². The lowest BCUT2D eigenvalue weighted by Crippen LogP contribution is -2.40. The Hall–Kier alpha value is -2.24. The molecule has 0 atom stereocenters. The summed E-state index contributed by atoms with van der Waals surface area (Å²) in [4.78, 5) is 22.7. The average molecular weight is 280 g/mol. The van der Waals surface area contributed by atoms with Gasteiger partial charge in [-0.1, -0.05) is 12.1 Å². The van der Waals surface area contributed by atoms with Crippen LogP contribution in [0.4, 0.5) is 10.5 Å². The molecule has 1 aromatic rings. The Labute approximate surface area is 118 Å². The molecule has 2 amide bonds. The van der Waals surface area contributed by atoms with Crippen LogP contribution < -0.4 is 15.4 Å². The highest BCUT2D eigenvalue weighted by atomic mass is 16.5. The van der Waals surface area contributed by atoms with Crippen LogP contribution in [0, 0.1) is 5.41 Å². The molecule has 0 saturated heterocycles. The molecule has 0 radical (unpaired) electrons. The number of rotatable bonds is 6. The summed E-state index contributed by atoms with van der Waals surface area (Å²) in [6.07, 6.45) is 0. The third kappa shape index (κ3) is 4.46. The molecule has 0 fully saturated rings. The van der Waals surface area contributed by atoms with Gasteiger partial charge in [-0.25, -0.2) is 4.79 Å². The first kappa shape index (κ1) is 15.8. The van der Waals surface area contributed by atoms with Gasteiger partial charge in [0.05, 0.1) is 17.7 Å². The van der Waals surface area contributed by atoms with Crippen LogP contribution in [-0.4, -0.2) is 30.3 Å². The number of amides is 2. The zero-order valence-electron chi connectivity index (χ0n) is 11.9. The highest BCUT2D eigenvalue weighted by Gasteiger charge is 2.27. The summed E-state index contributed by atoms with van der Waals surface area (Å²) >= 11 is 0. The Morgan fingerprint density at radius 3 is 2.55 bits per heavy atom. The van der Waals surface area contributed by atoms with Gasteiger partial charge in [-0.2, -0.15) is 0 Å². The van der Waals surface area contributed by atoms with Gasteiger partial charge in [-0.05, 0) is 32.9 Å². The summed E-state index contributed by atoms with van der Waals surface area (Å²) in [5.74, 6) is -0.393. The minimum absolute atomic E-state index is 0.0327. The van der Waals surface area contributed by atoms with Crippen LogP contribution in [0.3, 0.4) is 0 Å². The van der Waals surface area contributed by atoms with Gasteiger partial charge in [0.25, 0.3) is 0 Å². The van der Waals surface area contributed by atoms with Crippen LogP contribution in [-0.2, 0) is 4.79 Å². The van der Waals surface area contributed by atoms with E-state index in [-0.39, 0.29) is 6.54 Å². The topological polar surface area (TPSA) is 87.7 Å². The van der Waals surface area contributed by atoms with E-state index in [4.69, 9.17) is 9.84 Å². The maximum Gasteiger partial charge on any atom is 0.319 e. The Bertz CT molecular complexity index is 486. The number of carboxylic acid groups (broad SMARTS) is 1. The van der Waals surface area contributed by atoms with Gasteiger partial charge in [0.15, 0.2) is 0 Å². The van der Waals surface area contributed by atoms with Crippen molar-refractivity contribution in [1.29, 1.82) is 0 Å². The number of ether oxygens (including phenoxy) is 1. The molecule has 0 spiro atoms. The Balaban J connectivity index is 2.61. The molecular formula is C14H20N2O4. The molecular weight excluding hydrogens is 260 g/mol. The quantitative estimate of drug-likeness (QED) is 0.746. The van der Waals surface area contributed by atoms with E-state index in [0.29, 0.717) is 18.0 Å². The van der Waals surface area contributed by atoms with E-state index in [1.807, 2.05) is 13.0 Å². The minimum atomic E-state index is -1.02. The second-order valence-corrected chi connectivity index (χ2v) is 4.93. The predicted molar refractivity (Wildman–Crippen MR) is 76.0 cm³/mol. The highest BCUT2D eigenvalue weighted by molar-refractivity contribution is 5.91. The third-order valence-electron chi connectivity index (χ3n) is 2.70. The number of aliphatic carboxylic acids is 1. The third-order valence-corrected chi connectivity index (χ3v) is 2.70. The number of carboxylic acids is 1. The molecule has 0 bridgehead atoms. The van der Waals surface area contributed by atoms with Crippen molar-refractivity contribution in [1.82, 2.24) is 5.32 Å². The van der Waals surface area contributed by atoms with Crippen LogP contribution in [0.15, 0.2) is 24.3 Å². The summed E-state index contributed by atoms with van der Waals surface area (Å²) in [5.41, 5.74) is -0.475. The molecule has 0 aromatic heterocycles. The predicted octanol–water partition coefficient (Wildman–Crippen LogP) is 2.32. The zero-order valence-corrected chi connectivity index (χ0v) is 11.9. The van der Waals surface area contributed by atoms with Crippen LogP contribution in [0.2, 0.25) is 0 Å². The zero-order chi connectivity index (χ0) is 15.2. The van der Waals surface area contributed by atoms with Crippen LogP contribution in [0.25, 0.3) is 0 Å².